The molecule has 6 nitrogen and oxygen atoms in total. The van der Waals surface area contributed by atoms with Gasteiger partial charge in [0.2, 0.25) is 17.7 Å². The lowest BCUT2D eigenvalue weighted by Gasteiger charge is -2.22. The van der Waals surface area contributed by atoms with E-state index < -0.39 is 6.04 Å². The molecular formula is C17H19N3O3. The number of fused-ring (bicyclic) bond motifs is 1. The molecule has 1 fully saturated rings. The smallest absolute Gasteiger partial charge is 0.243 e. The Hall–Kier alpha value is -2.50. The van der Waals surface area contributed by atoms with Gasteiger partial charge in [-0.25, -0.2) is 0 Å². The molecule has 6 heteroatoms. The molecule has 2 heterocycles. The molecule has 3 rings (SSSR count). The van der Waals surface area contributed by atoms with Crippen molar-refractivity contribution in [1.82, 2.24) is 15.2 Å². The molecule has 3 amide bonds. The van der Waals surface area contributed by atoms with Gasteiger partial charge in [0.1, 0.15) is 6.04 Å². The van der Waals surface area contributed by atoms with E-state index in [2.05, 4.69) is 10.3 Å². The Balaban J connectivity index is 1.65. The maximum absolute atomic E-state index is 12.4. The summed E-state index contributed by atoms with van der Waals surface area (Å²) in [5.41, 5.74) is 0.727. The summed E-state index contributed by atoms with van der Waals surface area (Å²) >= 11 is 0. The highest BCUT2D eigenvalue weighted by Crippen LogP contribution is 2.36. The second kappa shape index (κ2) is 6.32. The normalized spacial score (nSPS) is 24.5. The molecule has 23 heavy (non-hydrogen) atoms. The number of imide groups is 1. The van der Waals surface area contributed by atoms with Gasteiger partial charge in [-0.15, -0.1) is 0 Å². The molecule has 1 aliphatic heterocycles. The number of likely N-dealkylation sites (tertiary alicyclic amines) is 1. The molecule has 0 bridgehead atoms. The van der Waals surface area contributed by atoms with E-state index in [-0.39, 0.29) is 36.1 Å². The van der Waals surface area contributed by atoms with Gasteiger partial charge in [-0.3, -0.25) is 24.3 Å². The van der Waals surface area contributed by atoms with Crippen LogP contribution in [-0.4, -0.2) is 33.6 Å². The Bertz CT molecular complexity index is 630. The molecule has 1 N–H and O–H groups in total. The van der Waals surface area contributed by atoms with Crippen LogP contribution in [0.4, 0.5) is 0 Å². The van der Waals surface area contributed by atoms with E-state index in [4.69, 9.17) is 0 Å². The molecular weight excluding hydrogens is 294 g/mol. The van der Waals surface area contributed by atoms with E-state index in [9.17, 15) is 14.4 Å². The number of pyridine rings is 1. The van der Waals surface area contributed by atoms with Gasteiger partial charge in [0.05, 0.1) is 24.1 Å². The minimum absolute atomic E-state index is 0.232. The SMILES string of the molecule is C[C@@H](C(=O)NCc1ccccn1)N1C(=O)[C@H]2CC=CC[C@H]2C1=O. The van der Waals surface area contributed by atoms with Crippen LogP contribution in [0, 0.1) is 11.8 Å². The number of carbonyl (C=O) groups excluding carboxylic acids is 3. The number of hydrogen-bond acceptors (Lipinski definition) is 4. The van der Waals surface area contributed by atoms with Gasteiger partial charge in [-0.2, -0.15) is 0 Å². The van der Waals surface area contributed by atoms with Crippen LogP contribution in [0.5, 0.6) is 0 Å². The molecule has 1 saturated heterocycles. The fraction of sp³-hybridized carbons (Fsp3) is 0.412. The minimum atomic E-state index is -0.802. The van der Waals surface area contributed by atoms with E-state index >= 15 is 0 Å². The molecule has 1 aliphatic carbocycles. The number of allylic oxidation sites excluding steroid dienone is 2. The van der Waals surface area contributed by atoms with Crippen molar-refractivity contribution in [2.24, 2.45) is 11.8 Å². The summed E-state index contributed by atoms with van der Waals surface area (Å²) in [6.07, 6.45) is 6.67. The fourth-order valence-electron chi connectivity index (χ4n) is 3.15. The van der Waals surface area contributed by atoms with Crippen molar-refractivity contribution < 1.29 is 14.4 Å². The monoisotopic (exact) mass is 313 g/mol. The third-order valence-corrected chi connectivity index (χ3v) is 4.48. The molecule has 0 aromatic carbocycles. The molecule has 2 aliphatic rings. The highest BCUT2D eigenvalue weighted by Gasteiger charge is 2.49. The molecule has 0 unspecified atom stereocenters. The zero-order valence-electron chi connectivity index (χ0n) is 12.9. The maximum Gasteiger partial charge on any atom is 0.243 e. The van der Waals surface area contributed by atoms with E-state index in [1.165, 1.54) is 0 Å². The standard InChI is InChI=1S/C17H19N3O3/c1-11(15(21)19-10-12-6-4-5-9-18-12)20-16(22)13-7-2-3-8-14(13)17(20)23/h2-6,9,11,13-14H,7-8,10H2,1H3,(H,19,21)/t11-,13-,14+/m0/s1. The number of carbonyl (C=O) groups is 3. The predicted molar refractivity (Wildman–Crippen MR) is 82.8 cm³/mol. The highest BCUT2D eigenvalue weighted by molar-refractivity contribution is 6.08. The number of rotatable bonds is 4. The Morgan fingerprint density at radius 1 is 1.26 bits per heavy atom. The average molecular weight is 313 g/mol. The number of aromatic nitrogens is 1. The van der Waals surface area contributed by atoms with Gasteiger partial charge >= 0.3 is 0 Å². The zero-order valence-corrected chi connectivity index (χ0v) is 12.9. The third kappa shape index (κ3) is 2.88. The lowest BCUT2D eigenvalue weighted by Crippen LogP contribution is -2.48. The van der Waals surface area contributed by atoms with Crippen LogP contribution in [0.25, 0.3) is 0 Å². The van der Waals surface area contributed by atoms with Gasteiger partial charge in [0.25, 0.3) is 0 Å². The Morgan fingerprint density at radius 2 is 1.91 bits per heavy atom. The average Bonchev–Trinajstić information content (AvgIpc) is 2.84. The minimum Gasteiger partial charge on any atom is -0.349 e. The van der Waals surface area contributed by atoms with Gasteiger partial charge in [0.15, 0.2) is 0 Å². The summed E-state index contributed by atoms with van der Waals surface area (Å²) in [6.45, 7) is 1.86. The molecule has 1 aromatic rings. The summed E-state index contributed by atoms with van der Waals surface area (Å²) in [6, 6.07) is 4.63. The summed E-state index contributed by atoms with van der Waals surface area (Å²) in [5, 5.41) is 2.73. The van der Waals surface area contributed by atoms with Crippen LogP contribution < -0.4 is 5.32 Å². The summed E-state index contributed by atoms with van der Waals surface area (Å²) in [5.74, 6) is -1.42. The second-order valence-corrected chi connectivity index (χ2v) is 5.92. The molecule has 0 radical (unpaired) electrons. The van der Waals surface area contributed by atoms with E-state index in [0.29, 0.717) is 12.8 Å². The first-order valence-corrected chi connectivity index (χ1v) is 7.79. The van der Waals surface area contributed by atoms with E-state index in [1.54, 1.807) is 25.3 Å². The highest BCUT2D eigenvalue weighted by atomic mass is 16.2. The largest absolute Gasteiger partial charge is 0.349 e. The Labute approximate surface area is 134 Å². The van der Waals surface area contributed by atoms with Crippen molar-refractivity contribution in [2.75, 3.05) is 0 Å². The second-order valence-electron chi connectivity index (χ2n) is 5.92. The summed E-state index contributed by atoms with van der Waals surface area (Å²) < 4.78 is 0. The predicted octanol–water partition coefficient (Wildman–Crippen LogP) is 1.04. The lowest BCUT2D eigenvalue weighted by molar-refractivity contribution is -0.147. The van der Waals surface area contributed by atoms with Crippen molar-refractivity contribution in [1.29, 1.82) is 0 Å². The van der Waals surface area contributed by atoms with Crippen LogP contribution in [-0.2, 0) is 20.9 Å². The van der Waals surface area contributed by atoms with Crippen molar-refractivity contribution in [2.45, 2.75) is 32.4 Å². The summed E-state index contributed by atoms with van der Waals surface area (Å²) in [4.78, 5) is 42.5. The Kier molecular flexibility index (Phi) is 4.23. The fourth-order valence-corrected chi connectivity index (χ4v) is 3.15. The molecule has 0 spiro atoms. The quantitative estimate of drug-likeness (QED) is 0.665. The van der Waals surface area contributed by atoms with Crippen LogP contribution in [0.3, 0.4) is 0 Å². The molecule has 1 aromatic heterocycles. The lowest BCUT2D eigenvalue weighted by atomic mass is 9.85. The van der Waals surface area contributed by atoms with Crippen LogP contribution in [0.15, 0.2) is 36.5 Å². The van der Waals surface area contributed by atoms with Crippen molar-refractivity contribution in [3.63, 3.8) is 0 Å². The third-order valence-electron chi connectivity index (χ3n) is 4.48. The Morgan fingerprint density at radius 3 is 2.48 bits per heavy atom. The zero-order chi connectivity index (χ0) is 16.4. The van der Waals surface area contributed by atoms with Crippen LogP contribution in [0.2, 0.25) is 0 Å². The van der Waals surface area contributed by atoms with Crippen LogP contribution in [0.1, 0.15) is 25.5 Å². The maximum atomic E-state index is 12.4. The molecule has 120 valence electrons. The molecule has 3 atom stereocenters. The van der Waals surface area contributed by atoms with Gasteiger partial charge in [-0.1, -0.05) is 18.2 Å². The van der Waals surface area contributed by atoms with Gasteiger partial charge in [-0.05, 0) is 31.9 Å². The van der Waals surface area contributed by atoms with E-state index in [0.717, 1.165) is 10.6 Å². The van der Waals surface area contributed by atoms with Crippen LogP contribution >= 0.6 is 0 Å². The number of nitrogens with zero attached hydrogens (tertiary/aromatic N) is 2. The van der Waals surface area contributed by atoms with Crippen molar-refractivity contribution in [3.8, 4) is 0 Å². The first-order valence-electron chi connectivity index (χ1n) is 7.79. The first kappa shape index (κ1) is 15.4. The van der Waals surface area contributed by atoms with Gasteiger partial charge < -0.3 is 5.32 Å². The molecule has 0 saturated carbocycles. The van der Waals surface area contributed by atoms with Gasteiger partial charge in [0, 0.05) is 6.20 Å². The first-order chi connectivity index (χ1) is 11.1. The number of nitrogens with one attached hydrogen (secondary N) is 1. The topological polar surface area (TPSA) is 79.4 Å². The van der Waals surface area contributed by atoms with Crippen molar-refractivity contribution in [3.05, 3.63) is 42.2 Å². The number of hydrogen-bond donors (Lipinski definition) is 1. The van der Waals surface area contributed by atoms with Crippen molar-refractivity contribution >= 4 is 17.7 Å². The van der Waals surface area contributed by atoms with E-state index in [1.807, 2.05) is 18.2 Å². The number of amides is 3. The summed E-state index contributed by atoms with van der Waals surface area (Å²) in [7, 11) is 0.